The SMILES string of the molecule is CCOc1ccc(NC(=O)c2cc(N)nn2C)cc1. The fourth-order valence-corrected chi connectivity index (χ4v) is 1.70. The highest BCUT2D eigenvalue weighted by Crippen LogP contribution is 2.16. The van der Waals surface area contributed by atoms with E-state index >= 15 is 0 Å². The van der Waals surface area contributed by atoms with E-state index < -0.39 is 0 Å². The molecule has 0 unspecified atom stereocenters. The van der Waals surface area contributed by atoms with Crippen molar-refractivity contribution in [2.24, 2.45) is 7.05 Å². The molecule has 0 saturated heterocycles. The Bertz CT molecular complexity index is 575. The number of ether oxygens (including phenoxy) is 1. The van der Waals surface area contributed by atoms with E-state index in [-0.39, 0.29) is 5.91 Å². The second kappa shape index (κ2) is 5.43. The van der Waals surface area contributed by atoms with Gasteiger partial charge in [0.2, 0.25) is 0 Å². The van der Waals surface area contributed by atoms with Gasteiger partial charge in [-0.15, -0.1) is 0 Å². The maximum atomic E-state index is 12.0. The van der Waals surface area contributed by atoms with Crippen LogP contribution >= 0.6 is 0 Å². The molecule has 0 aliphatic heterocycles. The molecule has 0 aliphatic rings. The minimum Gasteiger partial charge on any atom is -0.494 e. The van der Waals surface area contributed by atoms with Crippen molar-refractivity contribution < 1.29 is 9.53 Å². The zero-order chi connectivity index (χ0) is 13.8. The van der Waals surface area contributed by atoms with Crippen LogP contribution in [0.2, 0.25) is 0 Å². The molecule has 3 N–H and O–H groups in total. The van der Waals surface area contributed by atoms with E-state index in [1.165, 1.54) is 10.7 Å². The Kier molecular flexibility index (Phi) is 3.70. The molecule has 6 nitrogen and oxygen atoms in total. The van der Waals surface area contributed by atoms with Gasteiger partial charge in [0.15, 0.2) is 0 Å². The highest BCUT2D eigenvalue weighted by Gasteiger charge is 2.12. The standard InChI is InChI=1S/C13H16N4O2/c1-3-19-10-6-4-9(5-7-10)15-13(18)11-8-12(14)16-17(11)2/h4-8H,3H2,1-2H3,(H2,14,16)(H,15,18). The highest BCUT2D eigenvalue weighted by molar-refractivity contribution is 6.03. The quantitative estimate of drug-likeness (QED) is 0.875. The van der Waals surface area contributed by atoms with Crippen LogP contribution < -0.4 is 15.8 Å². The van der Waals surface area contributed by atoms with E-state index in [0.29, 0.717) is 23.8 Å². The Labute approximate surface area is 111 Å². The van der Waals surface area contributed by atoms with Gasteiger partial charge in [-0.25, -0.2) is 0 Å². The Balaban J connectivity index is 2.08. The summed E-state index contributed by atoms with van der Waals surface area (Å²) in [7, 11) is 1.67. The predicted octanol–water partition coefficient (Wildman–Crippen LogP) is 1.65. The minimum atomic E-state index is -0.254. The summed E-state index contributed by atoms with van der Waals surface area (Å²) in [6, 6.07) is 8.70. The molecular weight excluding hydrogens is 244 g/mol. The molecule has 1 aromatic heterocycles. The summed E-state index contributed by atoms with van der Waals surface area (Å²) in [5.74, 6) is 0.834. The summed E-state index contributed by atoms with van der Waals surface area (Å²) < 4.78 is 6.77. The lowest BCUT2D eigenvalue weighted by Gasteiger charge is -2.07. The average molecular weight is 260 g/mol. The van der Waals surface area contributed by atoms with Crippen LogP contribution in [0.15, 0.2) is 30.3 Å². The summed E-state index contributed by atoms with van der Waals surface area (Å²) in [6.45, 7) is 2.53. The van der Waals surface area contributed by atoms with Crippen molar-refractivity contribution in [1.82, 2.24) is 9.78 Å². The molecule has 0 saturated carbocycles. The maximum Gasteiger partial charge on any atom is 0.274 e. The molecule has 100 valence electrons. The number of rotatable bonds is 4. The smallest absolute Gasteiger partial charge is 0.274 e. The number of aryl methyl sites for hydroxylation is 1. The van der Waals surface area contributed by atoms with Crippen LogP contribution in [0.5, 0.6) is 5.75 Å². The minimum absolute atomic E-state index is 0.254. The van der Waals surface area contributed by atoms with Crippen LogP contribution in [0.25, 0.3) is 0 Å². The van der Waals surface area contributed by atoms with E-state index in [4.69, 9.17) is 10.5 Å². The zero-order valence-corrected chi connectivity index (χ0v) is 10.9. The van der Waals surface area contributed by atoms with Crippen LogP contribution in [0.1, 0.15) is 17.4 Å². The van der Waals surface area contributed by atoms with Gasteiger partial charge in [0.05, 0.1) is 6.61 Å². The van der Waals surface area contributed by atoms with E-state index in [2.05, 4.69) is 10.4 Å². The van der Waals surface area contributed by atoms with Gasteiger partial charge in [-0.1, -0.05) is 0 Å². The summed E-state index contributed by atoms with van der Waals surface area (Å²) in [6.07, 6.45) is 0. The number of amides is 1. The first-order chi connectivity index (χ1) is 9.10. The number of hydrogen-bond acceptors (Lipinski definition) is 4. The molecular formula is C13H16N4O2. The third kappa shape index (κ3) is 3.04. The second-order valence-electron chi connectivity index (χ2n) is 3.99. The molecule has 0 atom stereocenters. The second-order valence-corrected chi connectivity index (χ2v) is 3.99. The first kappa shape index (κ1) is 12.9. The largest absolute Gasteiger partial charge is 0.494 e. The van der Waals surface area contributed by atoms with Gasteiger partial charge in [-0.3, -0.25) is 9.48 Å². The van der Waals surface area contributed by atoms with Crippen molar-refractivity contribution in [2.45, 2.75) is 6.92 Å². The molecule has 2 rings (SSSR count). The van der Waals surface area contributed by atoms with E-state index in [9.17, 15) is 4.79 Å². The molecule has 0 fully saturated rings. The third-order valence-corrected chi connectivity index (χ3v) is 2.55. The first-order valence-electron chi connectivity index (χ1n) is 5.94. The maximum absolute atomic E-state index is 12.0. The van der Waals surface area contributed by atoms with Crippen LogP contribution in [0.3, 0.4) is 0 Å². The lowest BCUT2D eigenvalue weighted by Crippen LogP contribution is -2.15. The summed E-state index contributed by atoms with van der Waals surface area (Å²) in [4.78, 5) is 12.0. The Hall–Kier alpha value is -2.50. The molecule has 0 bridgehead atoms. The van der Waals surface area contributed by atoms with Crippen LogP contribution in [0.4, 0.5) is 11.5 Å². The number of aromatic nitrogens is 2. The summed E-state index contributed by atoms with van der Waals surface area (Å²) in [5.41, 5.74) is 6.63. The average Bonchev–Trinajstić information content (AvgIpc) is 2.71. The van der Waals surface area contributed by atoms with Gasteiger partial charge in [-0.05, 0) is 31.2 Å². The number of nitrogens with two attached hydrogens (primary N) is 1. The Morgan fingerprint density at radius 3 is 2.63 bits per heavy atom. The molecule has 19 heavy (non-hydrogen) atoms. The Morgan fingerprint density at radius 1 is 1.42 bits per heavy atom. The monoisotopic (exact) mass is 260 g/mol. The van der Waals surface area contributed by atoms with Gasteiger partial charge >= 0.3 is 0 Å². The predicted molar refractivity (Wildman–Crippen MR) is 73.2 cm³/mol. The third-order valence-electron chi connectivity index (χ3n) is 2.55. The number of hydrogen-bond donors (Lipinski definition) is 2. The van der Waals surface area contributed by atoms with Gasteiger partial charge < -0.3 is 15.8 Å². The van der Waals surface area contributed by atoms with Gasteiger partial charge in [-0.2, -0.15) is 5.10 Å². The normalized spacial score (nSPS) is 10.2. The fourth-order valence-electron chi connectivity index (χ4n) is 1.70. The van der Waals surface area contributed by atoms with Crippen molar-refractivity contribution in [2.75, 3.05) is 17.7 Å². The number of anilines is 2. The lowest BCUT2D eigenvalue weighted by molar-refractivity contribution is 0.101. The van der Waals surface area contributed by atoms with Crippen molar-refractivity contribution in [1.29, 1.82) is 0 Å². The lowest BCUT2D eigenvalue weighted by atomic mass is 10.3. The molecule has 2 aromatic rings. The number of nitrogens with zero attached hydrogens (tertiary/aromatic N) is 2. The van der Waals surface area contributed by atoms with Crippen molar-refractivity contribution in [3.8, 4) is 5.75 Å². The molecule has 1 heterocycles. The Morgan fingerprint density at radius 2 is 2.11 bits per heavy atom. The van der Waals surface area contributed by atoms with E-state index in [0.717, 1.165) is 5.75 Å². The van der Waals surface area contributed by atoms with E-state index in [1.807, 2.05) is 6.92 Å². The van der Waals surface area contributed by atoms with Crippen molar-refractivity contribution in [3.05, 3.63) is 36.0 Å². The first-order valence-corrected chi connectivity index (χ1v) is 5.94. The van der Waals surface area contributed by atoms with Crippen LogP contribution in [-0.2, 0) is 7.05 Å². The van der Waals surface area contributed by atoms with Gasteiger partial charge in [0, 0.05) is 18.8 Å². The van der Waals surface area contributed by atoms with E-state index in [1.54, 1.807) is 31.3 Å². The molecule has 1 amide bonds. The molecule has 0 radical (unpaired) electrons. The van der Waals surface area contributed by atoms with Gasteiger partial charge in [0.1, 0.15) is 17.3 Å². The number of benzene rings is 1. The van der Waals surface area contributed by atoms with Crippen molar-refractivity contribution >= 4 is 17.4 Å². The summed E-state index contributed by atoms with van der Waals surface area (Å²) in [5, 5.41) is 6.70. The van der Waals surface area contributed by atoms with Gasteiger partial charge in [0.25, 0.3) is 5.91 Å². The summed E-state index contributed by atoms with van der Waals surface area (Å²) >= 11 is 0. The van der Waals surface area contributed by atoms with Crippen LogP contribution in [0, 0.1) is 0 Å². The van der Waals surface area contributed by atoms with Crippen LogP contribution in [-0.4, -0.2) is 22.3 Å². The number of nitrogens with one attached hydrogen (secondary N) is 1. The zero-order valence-electron chi connectivity index (χ0n) is 10.9. The fraction of sp³-hybridized carbons (Fsp3) is 0.231. The number of nitrogen functional groups attached to an aromatic ring is 1. The molecule has 1 aromatic carbocycles. The molecule has 6 heteroatoms. The highest BCUT2D eigenvalue weighted by atomic mass is 16.5. The molecule has 0 aliphatic carbocycles. The number of carbonyl (C=O) groups excluding carboxylic acids is 1. The van der Waals surface area contributed by atoms with Crippen molar-refractivity contribution in [3.63, 3.8) is 0 Å². The number of carbonyl (C=O) groups is 1. The topological polar surface area (TPSA) is 82.2 Å². The molecule has 0 spiro atoms.